The van der Waals surface area contributed by atoms with E-state index in [1.165, 1.54) is 0 Å². The lowest BCUT2D eigenvalue weighted by atomic mass is 10.0. The highest BCUT2D eigenvalue weighted by Gasteiger charge is 2.16. The van der Waals surface area contributed by atoms with Gasteiger partial charge in [-0.3, -0.25) is 9.79 Å². The molecule has 20 heavy (non-hydrogen) atoms. The van der Waals surface area contributed by atoms with Crippen LogP contribution in [0.5, 0.6) is 0 Å². The van der Waals surface area contributed by atoms with Crippen LogP contribution in [0.25, 0.3) is 0 Å². The molecule has 3 heteroatoms. The summed E-state index contributed by atoms with van der Waals surface area (Å²) in [6, 6.07) is 17.7. The Balaban J connectivity index is 0.000000704. The molecule has 1 aliphatic rings. The Morgan fingerprint density at radius 1 is 0.950 bits per heavy atom. The first kappa shape index (κ1) is 14.0. The molecule has 0 saturated carbocycles. The number of hydrogen-bond acceptors (Lipinski definition) is 2. The van der Waals surface area contributed by atoms with Crippen LogP contribution >= 0.6 is 0 Å². The average Bonchev–Trinajstić information content (AvgIpc) is 2.68. The van der Waals surface area contributed by atoms with Crippen LogP contribution in [0, 0.1) is 0 Å². The minimum atomic E-state index is -0.0756. The van der Waals surface area contributed by atoms with E-state index >= 15 is 0 Å². The molecule has 0 aromatic heterocycles. The SMILES string of the molecule is CC.O=C1CN=C(c2ccccc2)c2ccccc2N1. The predicted molar refractivity (Wildman–Crippen MR) is 83.4 cm³/mol. The molecule has 0 fully saturated rings. The molecule has 102 valence electrons. The second kappa shape index (κ2) is 6.66. The van der Waals surface area contributed by atoms with Crippen molar-refractivity contribution in [3.63, 3.8) is 0 Å². The van der Waals surface area contributed by atoms with Crippen LogP contribution in [-0.2, 0) is 4.79 Å². The summed E-state index contributed by atoms with van der Waals surface area (Å²) in [4.78, 5) is 16.0. The number of carbonyl (C=O) groups is 1. The summed E-state index contributed by atoms with van der Waals surface area (Å²) in [5.41, 5.74) is 3.68. The van der Waals surface area contributed by atoms with Gasteiger partial charge in [0.15, 0.2) is 0 Å². The average molecular weight is 266 g/mol. The van der Waals surface area contributed by atoms with E-state index in [9.17, 15) is 4.79 Å². The van der Waals surface area contributed by atoms with Gasteiger partial charge in [-0.1, -0.05) is 62.4 Å². The van der Waals surface area contributed by atoms with Crippen molar-refractivity contribution in [2.24, 2.45) is 4.99 Å². The van der Waals surface area contributed by atoms with Crippen molar-refractivity contribution in [1.82, 2.24) is 0 Å². The number of rotatable bonds is 1. The van der Waals surface area contributed by atoms with Crippen LogP contribution < -0.4 is 5.32 Å². The van der Waals surface area contributed by atoms with E-state index in [1.807, 2.05) is 68.4 Å². The van der Waals surface area contributed by atoms with Gasteiger partial charge < -0.3 is 5.32 Å². The van der Waals surface area contributed by atoms with E-state index in [1.54, 1.807) is 0 Å². The molecule has 0 spiro atoms. The Morgan fingerprint density at radius 2 is 1.60 bits per heavy atom. The third kappa shape index (κ3) is 2.94. The molecule has 1 heterocycles. The highest BCUT2D eigenvalue weighted by Crippen LogP contribution is 2.22. The molecule has 3 rings (SSSR count). The normalized spacial score (nSPS) is 13.1. The van der Waals surface area contributed by atoms with Crippen LogP contribution in [0.1, 0.15) is 25.0 Å². The van der Waals surface area contributed by atoms with Gasteiger partial charge in [-0.2, -0.15) is 0 Å². The van der Waals surface area contributed by atoms with Crippen LogP contribution in [0.3, 0.4) is 0 Å². The van der Waals surface area contributed by atoms with E-state index < -0.39 is 0 Å². The van der Waals surface area contributed by atoms with Crippen LogP contribution in [0.15, 0.2) is 59.6 Å². The molecule has 0 radical (unpaired) electrons. The first-order valence-electron chi connectivity index (χ1n) is 6.84. The Hall–Kier alpha value is -2.42. The molecule has 1 amide bonds. The van der Waals surface area contributed by atoms with Gasteiger partial charge in [0.25, 0.3) is 0 Å². The number of benzodiazepines with no additional fused rings is 1. The number of carbonyl (C=O) groups excluding carboxylic acids is 1. The fourth-order valence-corrected chi connectivity index (χ4v) is 2.07. The molecule has 0 unspecified atom stereocenters. The lowest BCUT2D eigenvalue weighted by Crippen LogP contribution is -2.13. The minimum absolute atomic E-state index is 0.0756. The Kier molecular flexibility index (Phi) is 4.66. The molecule has 2 aromatic carbocycles. The fraction of sp³-hybridized carbons (Fsp3) is 0.176. The van der Waals surface area contributed by atoms with Crippen molar-refractivity contribution >= 4 is 17.3 Å². The maximum Gasteiger partial charge on any atom is 0.246 e. The third-order valence-corrected chi connectivity index (χ3v) is 2.88. The van der Waals surface area contributed by atoms with Crippen LogP contribution in [0.4, 0.5) is 5.69 Å². The quantitative estimate of drug-likeness (QED) is 0.843. The molecular weight excluding hydrogens is 248 g/mol. The monoisotopic (exact) mass is 266 g/mol. The molecular formula is C17H18N2O. The van der Waals surface area contributed by atoms with Gasteiger partial charge in [0, 0.05) is 11.1 Å². The summed E-state index contributed by atoms with van der Waals surface area (Å²) in [5.74, 6) is -0.0756. The highest BCUT2D eigenvalue weighted by molar-refractivity contribution is 6.19. The second-order valence-electron chi connectivity index (χ2n) is 4.12. The number of nitrogens with zero attached hydrogens (tertiary/aromatic N) is 1. The zero-order chi connectivity index (χ0) is 14.4. The van der Waals surface area contributed by atoms with E-state index in [4.69, 9.17) is 0 Å². The smallest absolute Gasteiger partial charge is 0.246 e. The van der Waals surface area contributed by atoms with Gasteiger partial charge in [0.05, 0.1) is 11.4 Å². The molecule has 3 nitrogen and oxygen atoms in total. The summed E-state index contributed by atoms with van der Waals surface area (Å²) < 4.78 is 0. The van der Waals surface area contributed by atoms with Crippen LogP contribution in [-0.4, -0.2) is 18.2 Å². The number of hydrogen-bond donors (Lipinski definition) is 1. The van der Waals surface area contributed by atoms with Crippen molar-refractivity contribution in [2.75, 3.05) is 11.9 Å². The highest BCUT2D eigenvalue weighted by atomic mass is 16.1. The van der Waals surface area contributed by atoms with Crippen molar-refractivity contribution < 1.29 is 4.79 Å². The number of aliphatic imine (C=N–C) groups is 1. The number of nitrogens with one attached hydrogen (secondary N) is 1. The van der Waals surface area contributed by atoms with E-state index in [0.717, 1.165) is 22.5 Å². The van der Waals surface area contributed by atoms with Crippen molar-refractivity contribution in [3.05, 3.63) is 65.7 Å². The number of para-hydroxylation sites is 1. The second-order valence-corrected chi connectivity index (χ2v) is 4.12. The van der Waals surface area contributed by atoms with Gasteiger partial charge in [-0.05, 0) is 6.07 Å². The largest absolute Gasteiger partial charge is 0.324 e. The third-order valence-electron chi connectivity index (χ3n) is 2.88. The zero-order valence-corrected chi connectivity index (χ0v) is 11.8. The lowest BCUT2D eigenvalue weighted by Gasteiger charge is -2.09. The molecule has 0 saturated heterocycles. The number of anilines is 1. The first-order valence-corrected chi connectivity index (χ1v) is 6.84. The van der Waals surface area contributed by atoms with Crippen molar-refractivity contribution in [3.8, 4) is 0 Å². The van der Waals surface area contributed by atoms with E-state index in [2.05, 4.69) is 10.3 Å². The maximum atomic E-state index is 11.6. The van der Waals surface area contributed by atoms with Gasteiger partial charge in [-0.15, -0.1) is 0 Å². The van der Waals surface area contributed by atoms with Crippen molar-refractivity contribution in [2.45, 2.75) is 13.8 Å². The Labute approximate surface area is 119 Å². The fourth-order valence-electron chi connectivity index (χ4n) is 2.07. The first-order chi connectivity index (χ1) is 9.84. The van der Waals surface area contributed by atoms with E-state index in [-0.39, 0.29) is 12.5 Å². The molecule has 2 aromatic rings. The van der Waals surface area contributed by atoms with Gasteiger partial charge in [0.2, 0.25) is 5.91 Å². The topological polar surface area (TPSA) is 41.5 Å². The summed E-state index contributed by atoms with van der Waals surface area (Å²) in [6.45, 7) is 4.17. The van der Waals surface area contributed by atoms with Gasteiger partial charge in [0.1, 0.15) is 6.54 Å². The predicted octanol–water partition coefficient (Wildman–Crippen LogP) is 3.50. The minimum Gasteiger partial charge on any atom is -0.324 e. The molecule has 1 aliphatic heterocycles. The summed E-state index contributed by atoms with van der Waals surface area (Å²) in [6.07, 6.45) is 0. The summed E-state index contributed by atoms with van der Waals surface area (Å²) in [5, 5.41) is 2.87. The van der Waals surface area contributed by atoms with Gasteiger partial charge in [-0.25, -0.2) is 0 Å². The maximum absolute atomic E-state index is 11.6. The zero-order valence-electron chi connectivity index (χ0n) is 11.8. The Bertz CT molecular complexity index is 618. The van der Waals surface area contributed by atoms with Crippen LogP contribution in [0.2, 0.25) is 0 Å². The Morgan fingerprint density at radius 3 is 2.35 bits per heavy atom. The van der Waals surface area contributed by atoms with Crippen molar-refractivity contribution in [1.29, 1.82) is 0 Å². The summed E-state index contributed by atoms with van der Waals surface area (Å²) >= 11 is 0. The molecule has 0 aliphatic carbocycles. The molecule has 0 bridgehead atoms. The standard InChI is InChI=1S/C15H12N2O.C2H6/c18-14-10-16-15(11-6-2-1-3-7-11)12-8-4-5-9-13(12)17-14;1-2/h1-9H,10H2,(H,17,18);1-2H3. The molecule has 1 N–H and O–H groups in total. The number of amides is 1. The van der Waals surface area contributed by atoms with E-state index in [0.29, 0.717) is 0 Å². The summed E-state index contributed by atoms with van der Waals surface area (Å²) in [7, 11) is 0. The molecule has 0 atom stereocenters. The number of fused-ring (bicyclic) bond motifs is 1. The number of benzene rings is 2. The lowest BCUT2D eigenvalue weighted by molar-refractivity contribution is -0.114. The van der Waals surface area contributed by atoms with Gasteiger partial charge >= 0.3 is 0 Å².